The van der Waals surface area contributed by atoms with Crippen LogP contribution in [-0.2, 0) is 0 Å². The Morgan fingerprint density at radius 2 is 1.97 bits per heavy atom. The van der Waals surface area contributed by atoms with Crippen LogP contribution in [0.1, 0.15) is 30.9 Å². The van der Waals surface area contributed by atoms with Crippen molar-refractivity contribution < 1.29 is 4.74 Å². The summed E-state index contributed by atoms with van der Waals surface area (Å²) in [6, 6.07) is 11.5. The molecule has 150 valence electrons. The molecule has 1 aliphatic rings. The molecule has 0 unspecified atom stereocenters. The first-order valence-electron chi connectivity index (χ1n) is 10.2. The van der Waals surface area contributed by atoms with Gasteiger partial charge >= 0.3 is 0 Å². The summed E-state index contributed by atoms with van der Waals surface area (Å²) in [6.45, 7) is 7.39. The molecule has 3 aromatic rings. The molecule has 0 radical (unpaired) electrons. The first-order chi connectivity index (χ1) is 14.1. The van der Waals surface area contributed by atoms with Crippen molar-refractivity contribution in [1.82, 2.24) is 14.3 Å². The van der Waals surface area contributed by atoms with Crippen molar-refractivity contribution in [3.05, 3.63) is 70.2 Å². The Bertz CT molecular complexity index is 1130. The Morgan fingerprint density at radius 1 is 1.14 bits per heavy atom. The number of nitrogens with zero attached hydrogens (tertiary/aromatic N) is 3. The van der Waals surface area contributed by atoms with Crippen molar-refractivity contribution in [3.8, 4) is 17.0 Å². The lowest BCUT2D eigenvalue weighted by molar-refractivity contribution is 0.302. The van der Waals surface area contributed by atoms with Gasteiger partial charge in [0.05, 0.1) is 12.8 Å². The highest BCUT2D eigenvalue weighted by Gasteiger charge is 2.14. The second kappa shape index (κ2) is 8.21. The summed E-state index contributed by atoms with van der Waals surface area (Å²) in [5, 5.41) is 0. The lowest BCUT2D eigenvalue weighted by Gasteiger charge is -2.26. The number of aromatic nitrogens is 2. The molecule has 2 aromatic heterocycles. The van der Waals surface area contributed by atoms with Crippen molar-refractivity contribution in [2.75, 3.05) is 26.7 Å². The number of benzene rings is 1. The quantitative estimate of drug-likeness (QED) is 0.657. The molecule has 0 saturated heterocycles. The van der Waals surface area contributed by atoms with Gasteiger partial charge in [-0.25, -0.2) is 4.98 Å². The summed E-state index contributed by atoms with van der Waals surface area (Å²) < 4.78 is 7.05. The normalized spacial score (nSPS) is 14.8. The van der Waals surface area contributed by atoms with E-state index in [1.54, 1.807) is 17.6 Å². The van der Waals surface area contributed by atoms with E-state index in [4.69, 9.17) is 9.72 Å². The monoisotopic (exact) mass is 389 g/mol. The van der Waals surface area contributed by atoms with Crippen molar-refractivity contribution >= 4 is 11.2 Å². The molecule has 0 spiro atoms. The number of ether oxygens (including phenoxy) is 1. The van der Waals surface area contributed by atoms with Crippen LogP contribution >= 0.6 is 0 Å². The van der Waals surface area contributed by atoms with Crippen molar-refractivity contribution in [2.45, 2.75) is 26.7 Å². The Morgan fingerprint density at radius 3 is 2.69 bits per heavy atom. The third-order valence-electron chi connectivity index (χ3n) is 5.57. The van der Waals surface area contributed by atoms with E-state index in [2.05, 4.69) is 24.0 Å². The van der Waals surface area contributed by atoms with Gasteiger partial charge in [0.2, 0.25) is 0 Å². The molecular formula is C24H27N3O2. The number of rotatable bonds is 5. The van der Waals surface area contributed by atoms with Crippen LogP contribution in [0.15, 0.2) is 53.5 Å². The molecule has 1 aliphatic heterocycles. The summed E-state index contributed by atoms with van der Waals surface area (Å²) in [7, 11) is 1.65. The fourth-order valence-electron chi connectivity index (χ4n) is 3.91. The molecule has 29 heavy (non-hydrogen) atoms. The van der Waals surface area contributed by atoms with Gasteiger partial charge in [-0.2, -0.15) is 0 Å². The number of aryl methyl sites for hydroxylation is 1. The molecule has 0 fully saturated rings. The summed E-state index contributed by atoms with van der Waals surface area (Å²) in [5.41, 5.74) is 5.57. The van der Waals surface area contributed by atoms with Crippen molar-refractivity contribution in [3.63, 3.8) is 0 Å². The van der Waals surface area contributed by atoms with Gasteiger partial charge in [0, 0.05) is 30.9 Å². The highest BCUT2D eigenvalue weighted by molar-refractivity contribution is 5.68. The zero-order valence-corrected chi connectivity index (χ0v) is 17.3. The Labute approximate surface area is 171 Å². The molecule has 3 heterocycles. The summed E-state index contributed by atoms with van der Waals surface area (Å²) in [5.74, 6) is 0.793. The van der Waals surface area contributed by atoms with E-state index in [0.717, 1.165) is 48.5 Å². The second-order valence-electron chi connectivity index (χ2n) is 7.59. The maximum Gasteiger partial charge on any atom is 0.258 e. The van der Waals surface area contributed by atoms with Crippen molar-refractivity contribution in [1.29, 1.82) is 0 Å². The van der Waals surface area contributed by atoms with E-state index in [1.165, 1.54) is 12.0 Å². The highest BCUT2D eigenvalue weighted by Crippen LogP contribution is 2.26. The van der Waals surface area contributed by atoms with Crippen LogP contribution in [0.4, 0.5) is 0 Å². The molecular weight excluding hydrogens is 362 g/mol. The molecule has 0 N–H and O–H groups in total. The molecule has 0 bridgehead atoms. The predicted octanol–water partition coefficient (Wildman–Crippen LogP) is 4.18. The SMILES string of the molecule is CCCN1CC=C(c2ccc3nc(-c4ccc(C)c(OC)c4)cc(=O)n3c2)CC1. The average molecular weight is 389 g/mol. The molecule has 5 heteroatoms. The van der Waals surface area contributed by atoms with Gasteiger partial charge in [-0.05, 0) is 61.2 Å². The van der Waals surface area contributed by atoms with Crippen LogP contribution in [0.5, 0.6) is 5.75 Å². The van der Waals surface area contributed by atoms with Crippen molar-refractivity contribution in [2.24, 2.45) is 0 Å². The van der Waals surface area contributed by atoms with Gasteiger partial charge < -0.3 is 4.74 Å². The smallest absolute Gasteiger partial charge is 0.258 e. The molecule has 0 amide bonds. The lowest BCUT2D eigenvalue weighted by atomic mass is 10.0. The number of hydrogen-bond donors (Lipinski definition) is 0. The minimum absolute atomic E-state index is 0.0737. The molecule has 5 nitrogen and oxygen atoms in total. The van der Waals surface area contributed by atoms with Crippen LogP contribution < -0.4 is 10.3 Å². The van der Waals surface area contributed by atoms with Crippen LogP contribution in [0, 0.1) is 6.92 Å². The maximum absolute atomic E-state index is 12.8. The molecule has 0 atom stereocenters. The van der Waals surface area contributed by atoms with E-state index in [1.807, 2.05) is 37.4 Å². The van der Waals surface area contributed by atoms with Gasteiger partial charge in [0.1, 0.15) is 11.4 Å². The van der Waals surface area contributed by atoms with E-state index in [-0.39, 0.29) is 5.56 Å². The van der Waals surface area contributed by atoms with Crippen LogP contribution in [-0.4, -0.2) is 41.0 Å². The molecule has 1 aromatic carbocycles. The average Bonchev–Trinajstić information content (AvgIpc) is 2.74. The van der Waals surface area contributed by atoms with E-state index in [9.17, 15) is 4.79 Å². The zero-order chi connectivity index (χ0) is 20.4. The van der Waals surface area contributed by atoms with Crippen LogP contribution in [0.3, 0.4) is 0 Å². The van der Waals surface area contributed by atoms with Crippen LogP contribution in [0.2, 0.25) is 0 Å². The fraction of sp³-hybridized carbons (Fsp3) is 0.333. The Balaban J connectivity index is 1.69. The number of methoxy groups -OCH3 is 1. The lowest BCUT2D eigenvalue weighted by Crippen LogP contribution is -2.29. The van der Waals surface area contributed by atoms with Gasteiger partial charge in [0.25, 0.3) is 5.56 Å². The highest BCUT2D eigenvalue weighted by atomic mass is 16.5. The molecule has 0 saturated carbocycles. The first-order valence-corrected chi connectivity index (χ1v) is 10.2. The fourth-order valence-corrected chi connectivity index (χ4v) is 3.91. The maximum atomic E-state index is 12.8. The number of fused-ring (bicyclic) bond motifs is 1. The standard InChI is InChI=1S/C24H27N3O2/c1-4-11-26-12-9-18(10-13-26)20-7-8-23-25-21(15-24(28)27(23)16-20)19-6-5-17(2)22(14-19)29-3/h5-9,14-16H,4,10-13H2,1-3H3. The first kappa shape index (κ1) is 19.4. The minimum Gasteiger partial charge on any atom is -0.496 e. The zero-order valence-electron chi connectivity index (χ0n) is 17.3. The molecule has 4 rings (SSSR count). The largest absolute Gasteiger partial charge is 0.496 e. The third kappa shape index (κ3) is 3.96. The molecule has 0 aliphatic carbocycles. The third-order valence-corrected chi connectivity index (χ3v) is 5.57. The van der Waals surface area contributed by atoms with E-state index < -0.39 is 0 Å². The van der Waals surface area contributed by atoms with E-state index in [0.29, 0.717) is 11.3 Å². The minimum atomic E-state index is -0.0737. The van der Waals surface area contributed by atoms with Crippen LogP contribution in [0.25, 0.3) is 22.5 Å². The van der Waals surface area contributed by atoms with Gasteiger partial charge in [-0.1, -0.05) is 25.1 Å². The van der Waals surface area contributed by atoms with Gasteiger partial charge in [-0.15, -0.1) is 0 Å². The number of pyridine rings is 1. The number of hydrogen-bond acceptors (Lipinski definition) is 4. The predicted molar refractivity (Wildman–Crippen MR) is 118 cm³/mol. The summed E-state index contributed by atoms with van der Waals surface area (Å²) in [6.07, 6.45) is 6.39. The topological polar surface area (TPSA) is 46.8 Å². The Hall–Kier alpha value is -2.92. The van der Waals surface area contributed by atoms with Gasteiger partial charge in [-0.3, -0.25) is 14.1 Å². The Kier molecular flexibility index (Phi) is 5.49. The summed E-state index contributed by atoms with van der Waals surface area (Å²) in [4.78, 5) is 20.0. The van der Waals surface area contributed by atoms with Gasteiger partial charge in [0.15, 0.2) is 0 Å². The second-order valence-corrected chi connectivity index (χ2v) is 7.59. The summed E-state index contributed by atoms with van der Waals surface area (Å²) >= 11 is 0. The van der Waals surface area contributed by atoms with E-state index >= 15 is 0 Å².